The molecule has 0 bridgehead atoms. The summed E-state index contributed by atoms with van der Waals surface area (Å²) in [6, 6.07) is 14.4. The zero-order chi connectivity index (χ0) is 67.3. The number of rotatable bonds is 56. The van der Waals surface area contributed by atoms with Gasteiger partial charge in [-0.05, 0) is 108 Å². The Hall–Kier alpha value is -6.68. The lowest BCUT2D eigenvalue weighted by atomic mass is 9.96. The first-order valence-corrected chi connectivity index (χ1v) is 37.4. The Kier molecular flexibility index (Phi) is 44.6. The number of hydrogen-bond donors (Lipinski definition) is 0. The molecular weight excluding hydrogens is 1160 g/mol. The third-order valence-corrected chi connectivity index (χ3v) is 17.6. The van der Waals surface area contributed by atoms with Gasteiger partial charge in [0.2, 0.25) is 0 Å². The van der Waals surface area contributed by atoms with Gasteiger partial charge in [-0.1, -0.05) is 321 Å². The molecule has 0 amide bonds. The molecule has 0 aliphatic heterocycles. The van der Waals surface area contributed by atoms with E-state index in [1.807, 2.05) is 54.6 Å². The molecule has 0 atom stereocenters. The summed E-state index contributed by atoms with van der Waals surface area (Å²) in [6.07, 6.45) is 64.7. The van der Waals surface area contributed by atoms with Gasteiger partial charge in [-0.25, -0.2) is 19.2 Å². The van der Waals surface area contributed by atoms with Crippen LogP contribution in [0.5, 0.6) is 0 Å². The van der Waals surface area contributed by atoms with Crippen molar-refractivity contribution in [1.82, 2.24) is 9.97 Å². The van der Waals surface area contributed by atoms with Crippen LogP contribution < -0.4 is 0 Å². The van der Waals surface area contributed by atoms with E-state index in [9.17, 15) is 19.2 Å². The average Bonchev–Trinajstić information content (AvgIpc) is 0.889. The minimum absolute atomic E-state index is 0.287. The minimum Gasteiger partial charge on any atom is -0.462 e. The van der Waals surface area contributed by atoms with Gasteiger partial charge in [0.25, 0.3) is 0 Å². The topological polar surface area (TPSA) is 131 Å². The van der Waals surface area contributed by atoms with Crippen molar-refractivity contribution in [2.24, 2.45) is 0 Å². The molecule has 2 heterocycles. The lowest BCUT2D eigenvalue weighted by Gasteiger charge is -2.13. The fourth-order valence-corrected chi connectivity index (χ4v) is 11.7. The van der Waals surface area contributed by atoms with Crippen LogP contribution in [0.4, 0.5) is 0 Å². The van der Waals surface area contributed by atoms with Gasteiger partial charge in [-0.3, -0.25) is 9.97 Å². The number of unbranched alkanes of at least 4 members (excludes halogenated alkanes) is 36. The molecule has 10 heteroatoms. The van der Waals surface area contributed by atoms with E-state index in [1.165, 1.54) is 180 Å². The van der Waals surface area contributed by atoms with Gasteiger partial charge in [0, 0.05) is 12.4 Å². The lowest BCUT2D eigenvalue weighted by molar-refractivity contribution is 0.0482. The summed E-state index contributed by atoms with van der Waals surface area (Å²) in [7, 11) is 0. The van der Waals surface area contributed by atoms with Crippen molar-refractivity contribution in [3.63, 3.8) is 0 Å². The van der Waals surface area contributed by atoms with E-state index < -0.39 is 23.9 Å². The molecule has 4 rings (SSSR count). The van der Waals surface area contributed by atoms with E-state index in [-0.39, 0.29) is 6.61 Å². The summed E-state index contributed by atoms with van der Waals surface area (Å²) in [5.74, 6) is -1.87. The highest BCUT2D eigenvalue weighted by atomic mass is 16.5. The SMILES string of the molecule is C=Cc1ccc(/C=C/c2cc(C(=O)OCCCCCCCCCCCC)c(/C=C/c3ccc(/C=C/c4cc(C(=O)OCCCCCCCCCCCC)c(C=C)cc4C(=O)OCCCCCCCCCCCC)cn3)cc2C(=O)OCCCCCCCCCCCC)cn1. The quantitative estimate of drug-likeness (QED) is 0.0239. The number of benzene rings is 2. The van der Waals surface area contributed by atoms with Crippen molar-refractivity contribution >= 4 is 72.5 Å². The number of nitrogens with zero attached hydrogens (tertiary/aromatic N) is 2. The first-order valence-electron chi connectivity index (χ1n) is 37.4. The highest BCUT2D eigenvalue weighted by Gasteiger charge is 2.22. The Morgan fingerprint density at radius 1 is 0.298 bits per heavy atom. The van der Waals surface area contributed by atoms with Crippen LogP contribution in [0.2, 0.25) is 0 Å². The predicted molar refractivity (Wildman–Crippen MR) is 397 cm³/mol. The third kappa shape index (κ3) is 34.6. The van der Waals surface area contributed by atoms with Gasteiger partial charge < -0.3 is 18.9 Å². The fourth-order valence-electron chi connectivity index (χ4n) is 11.7. The second kappa shape index (κ2) is 52.6. The Labute approximate surface area is 569 Å². The van der Waals surface area contributed by atoms with Crippen molar-refractivity contribution in [2.45, 2.75) is 285 Å². The van der Waals surface area contributed by atoms with Gasteiger partial charge in [0.15, 0.2) is 0 Å². The number of carbonyl (C=O) groups excluding carboxylic acids is 4. The van der Waals surface area contributed by atoms with Crippen molar-refractivity contribution in [3.05, 3.63) is 141 Å². The molecule has 0 aliphatic carbocycles. The van der Waals surface area contributed by atoms with Crippen LogP contribution in [-0.2, 0) is 18.9 Å². The van der Waals surface area contributed by atoms with Gasteiger partial charge in [0.05, 0.1) is 60.1 Å². The number of ether oxygens (including phenoxy) is 4. The zero-order valence-corrected chi connectivity index (χ0v) is 59.1. The van der Waals surface area contributed by atoms with E-state index in [0.29, 0.717) is 70.0 Å². The normalized spacial score (nSPS) is 11.5. The fraction of sp³-hybridized carbons (Fsp3) is 0.571. The molecule has 0 N–H and O–H groups in total. The maximum absolute atomic E-state index is 14.3. The second-order valence-electron chi connectivity index (χ2n) is 25.8. The molecule has 0 unspecified atom stereocenters. The van der Waals surface area contributed by atoms with Crippen LogP contribution in [0.1, 0.15) is 371 Å². The number of esters is 4. The van der Waals surface area contributed by atoms with Gasteiger partial charge in [-0.15, -0.1) is 0 Å². The summed E-state index contributed by atoms with van der Waals surface area (Å²) in [4.78, 5) is 65.4. The standard InChI is InChI=1S/C84H122N2O8/c1-7-13-17-21-25-29-33-37-41-45-59-91-81(87)77-64-72(78(63-71(77)11-5)82(88)92-60-46-42-38-34-30-26-22-18-14-8-2)53-50-70-52-57-76(86-68-70)58-55-74-66-79(83(89)93-61-47-43-39-35-31-27-23-19-15-9-3)73(54-49-69-51-56-75(12-6)85-67-69)65-80(74)84(90)94-62-48-44-40-36-32-28-24-20-16-10-4/h11-12,49-58,63-68H,5-10,13-48,59-62H2,1-4H3/b53-50+,54-49+,58-55+. The van der Waals surface area contributed by atoms with E-state index in [0.717, 1.165) is 93.9 Å². The number of aromatic nitrogens is 2. The van der Waals surface area contributed by atoms with Crippen LogP contribution >= 0.6 is 0 Å². The molecule has 94 heavy (non-hydrogen) atoms. The molecule has 10 nitrogen and oxygen atoms in total. The first kappa shape index (κ1) is 79.8. The van der Waals surface area contributed by atoms with Crippen LogP contribution in [0.3, 0.4) is 0 Å². The largest absolute Gasteiger partial charge is 0.462 e. The molecule has 0 fully saturated rings. The van der Waals surface area contributed by atoms with Crippen molar-refractivity contribution in [1.29, 1.82) is 0 Å². The Morgan fingerprint density at radius 3 is 0.798 bits per heavy atom. The van der Waals surface area contributed by atoms with Crippen LogP contribution in [-0.4, -0.2) is 60.3 Å². The number of hydrogen-bond acceptors (Lipinski definition) is 10. The smallest absolute Gasteiger partial charge is 0.338 e. The molecule has 0 saturated carbocycles. The molecule has 0 radical (unpaired) electrons. The molecule has 2 aromatic carbocycles. The van der Waals surface area contributed by atoms with Gasteiger partial charge in [-0.2, -0.15) is 0 Å². The summed E-state index contributed by atoms with van der Waals surface area (Å²) in [6.45, 7) is 18.0. The van der Waals surface area contributed by atoms with E-state index in [1.54, 1.807) is 54.9 Å². The highest BCUT2D eigenvalue weighted by Crippen LogP contribution is 2.27. The van der Waals surface area contributed by atoms with Crippen LogP contribution in [0, 0.1) is 0 Å². The summed E-state index contributed by atoms with van der Waals surface area (Å²) in [5, 5.41) is 0. The monoisotopic (exact) mass is 1290 g/mol. The molecule has 0 aliphatic rings. The van der Waals surface area contributed by atoms with E-state index in [4.69, 9.17) is 23.9 Å². The molecular formula is C84H122N2O8. The average molecular weight is 1290 g/mol. The maximum Gasteiger partial charge on any atom is 0.338 e. The molecule has 0 spiro atoms. The minimum atomic E-state index is -0.477. The van der Waals surface area contributed by atoms with Crippen LogP contribution in [0.15, 0.2) is 74.1 Å². The maximum atomic E-state index is 14.3. The third-order valence-electron chi connectivity index (χ3n) is 17.6. The molecule has 516 valence electrons. The summed E-state index contributed by atoms with van der Waals surface area (Å²) < 4.78 is 23.7. The van der Waals surface area contributed by atoms with Crippen molar-refractivity contribution in [3.8, 4) is 0 Å². The Balaban J connectivity index is 1.60. The second-order valence-corrected chi connectivity index (χ2v) is 25.8. The predicted octanol–water partition coefficient (Wildman–Crippen LogP) is 24.6. The summed E-state index contributed by atoms with van der Waals surface area (Å²) >= 11 is 0. The van der Waals surface area contributed by atoms with E-state index in [2.05, 4.69) is 45.8 Å². The molecule has 0 saturated heterocycles. The van der Waals surface area contributed by atoms with Crippen LogP contribution in [0.25, 0.3) is 48.6 Å². The van der Waals surface area contributed by atoms with Gasteiger partial charge >= 0.3 is 23.9 Å². The zero-order valence-electron chi connectivity index (χ0n) is 59.1. The molecule has 4 aromatic rings. The summed E-state index contributed by atoms with van der Waals surface area (Å²) in [5.41, 5.74) is 6.25. The highest BCUT2D eigenvalue weighted by molar-refractivity contribution is 6.02. The molecule has 2 aromatic heterocycles. The van der Waals surface area contributed by atoms with Crippen molar-refractivity contribution < 1.29 is 38.1 Å². The number of pyridine rings is 2. The first-order chi connectivity index (χ1) is 46.1. The Bertz CT molecular complexity index is 2830. The van der Waals surface area contributed by atoms with Gasteiger partial charge in [0.1, 0.15) is 0 Å². The van der Waals surface area contributed by atoms with E-state index >= 15 is 0 Å². The lowest BCUT2D eigenvalue weighted by Crippen LogP contribution is -2.13. The Morgan fingerprint density at radius 2 is 0.543 bits per heavy atom. The van der Waals surface area contributed by atoms with Crippen molar-refractivity contribution in [2.75, 3.05) is 26.4 Å². The number of carbonyl (C=O) groups is 4.